The first-order valence-electron chi connectivity index (χ1n) is 4.32. The molecular weight excluding hydrogens is 150 g/mol. The molecule has 1 aromatic heterocycles. The molecule has 0 amide bonds. The molecule has 0 radical (unpaired) electrons. The Balaban J connectivity index is 2.52. The quantitative estimate of drug-likeness (QED) is 0.695. The van der Waals surface area contributed by atoms with Crippen LogP contribution in [0.15, 0.2) is 18.3 Å². The van der Waals surface area contributed by atoms with Crippen LogP contribution in [0, 0.1) is 0 Å². The van der Waals surface area contributed by atoms with Crippen molar-refractivity contribution in [3.05, 3.63) is 24.0 Å². The topological polar surface area (TPSA) is 57.0 Å². The highest BCUT2D eigenvalue weighted by Gasteiger charge is 2.07. The van der Waals surface area contributed by atoms with E-state index in [-0.39, 0.29) is 6.04 Å². The van der Waals surface area contributed by atoms with E-state index in [0.717, 1.165) is 19.4 Å². The van der Waals surface area contributed by atoms with Crippen LogP contribution in [0.4, 0.5) is 0 Å². The van der Waals surface area contributed by atoms with Gasteiger partial charge in [-0.2, -0.15) is 0 Å². The van der Waals surface area contributed by atoms with Crippen molar-refractivity contribution in [1.29, 1.82) is 0 Å². The van der Waals surface area contributed by atoms with Gasteiger partial charge in [0.1, 0.15) is 0 Å². The van der Waals surface area contributed by atoms with Gasteiger partial charge >= 0.3 is 0 Å². The number of aromatic nitrogens is 1. The molecule has 1 heterocycles. The van der Waals surface area contributed by atoms with Crippen LogP contribution >= 0.6 is 0 Å². The van der Waals surface area contributed by atoms with Gasteiger partial charge in [-0.15, -0.1) is 0 Å². The molecule has 0 bridgehead atoms. The van der Waals surface area contributed by atoms with Crippen LogP contribution in [-0.4, -0.2) is 11.1 Å². The van der Waals surface area contributed by atoms with E-state index in [9.17, 15) is 0 Å². The number of aryl methyl sites for hydroxylation is 1. The zero-order chi connectivity index (χ0) is 8.97. The van der Waals surface area contributed by atoms with Gasteiger partial charge in [0.25, 0.3) is 0 Å². The van der Waals surface area contributed by atoms with E-state index in [2.05, 4.69) is 10.6 Å². The van der Waals surface area contributed by atoms with Gasteiger partial charge in [-0.25, -0.2) is 0 Å². The maximum absolute atomic E-state index is 5.95. The molecule has 68 valence electrons. The van der Waals surface area contributed by atoms with Crippen molar-refractivity contribution in [2.45, 2.75) is 18.9 Å². The summed E-state index contributed by atoms with van der Waals surface area (Å²) in [6.45, 7) is 0.720. The lowest BCUT2D eigenvalue weighted by Crippen LogP contribution is -2.15. The first kappa shape index (κ1) is 9.29. The van der Waals surface area contributed by atoms with Crippen molar-refractivity contribution >= 4 is 0 Å². The van der Waals surface area contributed by atoms with Crippen LogP contribution in [0.2, 0.25) is 0 Å². The predicted molar refractivity (Wildman–Crippen MR) is 50.6 cm³/mol. The highest BCUT2D eigenvalue weighted by molar-refractivity contribution is 5.10. The van der Waals surface area contributed by atoms with E-state index in [4.69, 9.17) is 11.5 Å². The summed E-state index contributed by atoms with van der Waals surface area (Å²) < 4.78 is 2.06. The van der Waals surface area contributed by atoms with Crippen LogP contribution in [0.3, 0.4) is 0 Å². The van der Waals surface area contributed by atoms with Gasteiger partial charge in [0.15, 0.2) is 0 Å². The van der Waals surface area contributed by atoms with Crippen LogP contribution in [0.1, 0.15) is 24.6 Å². The molecule has 12 heavy (non-hydrogen) atoms. The van der Waals surface area contributed by atoms with Crippen molar-refractivity contribution in [3.8, 4) is 0 Å². The van der Waals surface area contributed by atoms with Crippen LogP contribution in [-0.2, 0) is 7.05 Å². The molecule has 0 aliphatic rings. The summed E-state index contributed by atoms with van der Waals surface area (Å²) in [7, 11) is 2.01. The summed E-state index contributed by atoms with van der Waals surface area (Å²) >= 11 is 0. The molecule has 3 nitrogen and oxygen atoms in total. The van der Waals surface area contributed by atoms with Gasteiger partial charge in [-0.05, 0) is 31.5 Å². The van der Waals surface area contributed by atoms with Gasteiger partial charge in [0.05, 0.1) is 0 Å². The van der Waals surface area contributed by atoms with Gasteiger partial charge in [-0.3, -0.25) is 0 Å². The Bertz CT molecular complexity index is 229. The van der Waals surface area contributed by atoms with E-state index < -0.39 is 0 Å². The molecule has 4 N–H and O–H groups in total. The molecule has 0 spiro atoms. The average Bonchev–Trinajstić information content (AvgIpc) is 2.47. The highest BCUT2D eigenvalue weighted by Crippen LogP contribution is 2.14. The third kappa shape index (κ3) is 2.09. The number of hydrogen-bond donors (Lipinski definition) is 2. The SMILES string of the molecule is Cn1cccc1[C@@H](N)CCCN. The van der Waals surface area contributed by atoms with Crippen molar-refractivity contribution in [1.82, 2.24) is 4.57 Å². The van der Waals surface area contributed by atoms with E-state index >= 15 is 0 Å². The number of nitrogens with two attached hydrogens (primary N) is 2. The van der Waals surface area contributed by atoms with Gasteiger partial charge in [-0.1, -0.05) is 0 Å². The van der Waals surface area contributed by atoms with Crippen LogP contribution in [0.25, 0.3) is 0 Å². The van der Waals surface area contributed by atoms with E-state index in [0.29, 0.717) is 0 Å². The molecule has 0 saturated carbocycles. The molecule has 0 fully saturated rings. The lowest BCUT2D eigenvalue weighted by atomic mass is 10.1. The Labute approximate surface area is 73.4 Å². The summed E-state index contributed by atoms with van der Waals surface area (Å²) in [5.74, 6) is 0. The lowest BCUT2D eigenvalue weighted by molar-refractivity contribution is 0.583. The van der Waals surface area contributed by atoms with Crippen LogP contribution in [0.5, 0.6) is 0 Å². The molecule has 1 atom stereocenters. The third-order valence-electron chi connectivity index (χ3n) is 2.08. The zero-order valence-electron chi connectivity index (χ0n) is 7.53. The fourth-order valence-corrected chi connectivity index (χ4v) is 1.35. The maximum Gasteiger partial charge on any atom is 0.0450 e. The highest BCUT2D eigenvalue weighted by atomic mass is 14.9. The second-order valence-electron chi connectivity index (χ2n) is 3.08. The van der Waals surface area contributed by atoms with Crippen molar-refractivity contribution < 1.29 is 0 Å². The predicted octanol–water partition coefficient (Wildman–Crippen LogP) is 0.764. The number of nitrogens with zero attached hydrogens (tertiary/aromatic N) is 1. The molecule has 1 aromatic rings. The minimum atomic E-state index is 0.133. The molecule has 0 saturated heterocycles. The van der Waals surface area contributed by atoms with E-state index in [1.807, 2.05) is 19.3 Å². The molecular formula is C9H17N3. The summed E-state index contributed by atoms with van der Waals surface area (Å²) in [6, 6.07) is 4.20. The monoisotopic (exact) mass is 167 g/mol. The fourth-order valence-electron chi connectivity index (χ4n) is 1.35. The molecule has 0 aromatic carbocycles. The lowest BCUT2D eigenvalue weighted by Gasteiger charge is -2.11. The molecule has 3 heteroatoms. The minimum absolute atomic E-state index is 0.133. The standard InChI is InChI=1S/C9H17N3/c1-12-7-3-5-9(12)8(11)4-2-6-10/h3,5,7-8H,2,4,6,10-11H2,1H3/t8-/m0/s1. The van der Waals surface area contributed by atoms with Crippen molar-refractivity contribution in [2.24, 2.45) is 18.5 Å². The Morgan fingerprint density at radius 2 is 2.33 bits per heavy atom. The largest absolute Gasteiger partial charge is 0.353 e. The zero-order valence-corrected chi connectivity index (χ0v) is 7.53. The van der Waals surface area contributed by atoms with E-state index in [1.165, 1.54) is 5.69 Å². The summed E-state index contributed by atoms with van der Waals surface area (Å²) in [4.78, 5) is 0. The Morgan fingerprint density at radius 3 is 2.83 bits per heavy atom. The molecule has 0 aliphatic carbocycles. The fraction of sp³-hybridized carbons (Fsp3) is 0.556. The number of hydrogen-bond acceptors (Lipinski definition) is 2. The Morgan fingerprint density at radius 1 is 1.58 bits per heavy atom. The first-order chi connectivity index (χ1) is 5.75. The first-order valence-corrected chi connectivity index (χ1v) is 4.32. The van der Waals surface area contributed by atoms with Crippen molar-refractivity contribution in [3.63, 3.8) is 0 Å². The maximum atomic E-state index is 5.95. The Kier molecular flexibility index (Phi) is 3.31. The van der Waals surface area contributed by atoms with E-state index in [1.54, 1.807) is 0 Å². The smallest absolute Gasteiger partial charge is 0.0450 e. The summed E-state index contributed by atoms with van der Waals surface area (Å²) in [6.07, 6.45) is 3.97. The second kappa shape index (κ2) is 4.28. The summed E-state index contributed by atoms with van der Waals surface area (Å²) in [5, 5.41) is 0. The summed E-state index contributed by atoms with van der Waals surface area (Å²) in [5.41, 5.74) is 12.5. The molecule has 0 unspecified atom stereocenters. The normalized spacial score (nSPS) is 13.2. The third-order valence-corrected chi connectivity index (χ3v) is 2.08. The van der Waals surface area contributed by atoms with Gasteiger partial charge in [0, 0.05) is 25.0 Å². The second-order valence-corrected chi connectivity index (χ2v) is 3.08. The van der Waals surface area contributed by atoms with Crippen LogP contribution < -0.4 is 11.5 Å². The van der Waals surface area contributed by atoms with Gasteiger partial charge < -0.3 is 16.0 Å². The number of rotatable bonds is 4. The minimum Gasteiger partial charge on any atom is -0.353 e. The Hall–Kier alpha value is -0.800. The molecule has 1 rings (SSSR count). The van der Waals surface area contributed by atoms with Gasteiger partial charge in [0.2, 0.25) is 0 Å². The molecule has 0 aliphatic heterocycles. The average molecular weight is 167 g/mol. The van der Waals surface area contributed by atoms with Crippen molar-refractivity contribution in [2.75, 3.05) is 6.54 Å².